The van der Waals surface area contributed by atoms with E-state index in [4.69, 9.17) is 9.47 Å². The molecule has 0 aliphatic rings. The van der Waals surface area contributed by atoms with Gasteiger partial charge in [0.15, 0.2) is 0 Å². The largest absolute Gasteiger partial charge is 0.491 e. The molecule has 0 saturated carbocycles. The highest BCUT2D eigenvalue weighted by Crippen LogP contribution is 2.18. The molecule has 0 bridgehead atoms. The van der Waals surface area contributed by atoms with Gasteiger partial charge >= 0.3 is 0 Å². The molecule has 0 aliphatic heterocycles. The van der Waals surface area contributed by atoms with Crippen molar-refractivity contribution in [2.45, 2.75) is 46.3 Å². The van der Waals surface area contributed by atoms with Crippen LogP contribution < -0.4 is 10.1 Å². The zero-order valence-corrected chi connectivity index (χ0v) is 12.4. The predicted octanol–water partition coefficient (Wildman–Crippen LogP) is 3.38. The van der Waals surface area contributed by atoms with Crippen molar-refractivity contribution in [2.75, 3.05) is 19.8 Å². The molecule has 0 unspecified atom stereocenters. The Bertz CT molecular complexity index is 339. The van der Waals surface area contributed by atoms with Crippen LogP contribution in [-0.2, 0) is 11.3 Å². The van der Waals surface area contributed by atoms with Crippen molar-refractivity contribution in [1.29, 1.82) is 0 Å². The van der Waals surface area contributed by atoms with Crippen molar-refractivity contribution in [3.8, 4) is 5.75 Å². The van der Waals surface area contributed by atoms with Gasteiger partial charge in [-0.2, -0.15) is 0 Å². The fraction of sp³-hybridized carbons (Fsp3) is 0.625. The number of hydrogen-bond acceptors (Lipinski definition) is 3. The number of nitrogens with one attached hydrogen (secondary N) is 1. The molecule has 0 fully saturated rings. The van der Waals surface area contributed by atoms with Crippen molar-refractivity contribution in [3.63, 3.8) is 0 Å². The fourth-order valence-corrected chi connectivity index (χ4v) is 1.79. The van der Waals surface area contributed by atoms with Crippen LogP contribution >= 0.6 is 0 Å². The molecule has 1 aromatic carbocycles. The Kier molecular flexibility index (Phi) is 8.26. The van der Waals surface area contributed by atoms with Crippen LogP contribution in [0.5, 0.6) is 5.75 Å². The van der Waals surface area contributed by atoms with Crippen molar-refractivity contribution in [3.05, 3.63) is 29.8 Å². The summed E-state index contributed by atoms with van der Waals surface area (Å²) in [7, 11) is 0. The predicted molar refractivity (Wildman–Crippen MR) is 79.6 cm³/mol. The van der Waals surface area contributed by atoms with E-state index in [-0.39, 0.29) is 6.10 Å². The number of benzene rings is 1. The number of para-hydroxylation sites is 1. The van der Waals surface area contributed by atoms with Gasteiger partial charge in [-0.15, -0.1) is 0 Å². The molecular weight excluding hydrogens is 238 g/mol. The average molecular weight is 265 g/mol. The molecule has 0 aromatic heterocycles. The van der Waals surface area contributed by atoms with Gasteiger partial charge in [0.25, 0.3) is 0 Å². The van der Waals surface area contributed by atoms with Crippen molar-refractivity contribution < 1.29 is 9.47 Å². The zero-order chi connectivity index (χ0) is 13.9. The van der Waals surface area contributed by atoms with Crippen LogP contribution in [0, 0.1) is 0 Å². The molecule has 1 aromatic rings. The molecule has 0 spiro atoms. The van der Waals surface area contributed by atoms with Gasteiger partial charge in [0.05, 0.1) is 6.10 Å². The Labute approximate surface area is 117 Å². The molecule has 1 N–H and O–H groups in total. The summed E-state index contributed by atoms with van der Waals surface area (Å²) in [5, 5.41) is 3.43. The summed E-state index contributed by atoms with van der Waals surface area (Å²) < 4.78 is 11.2. The molecule has 0 amide bonds. The van der Waals surface area contributed by atoms with Gasteiger partial charge in [-0.1, -0.05) is 25.1 Å². The Morgan fingerprint density at radius 2 is 1.95 bits per heavy atom. The van der Waals surface area contributed by atoms with E-state index in [1.54, 1.807) is 0 Å². The van der Waals surface area contributed by atoms with Gasteiger partial charge in [0.1, 0.15) is 5.75 Å². The molecule has 1 rings (SSSR count). The first-order valence-electron chi connectivity index (χ1n) is 7.27. The second kappa shape index (κ2) is 9.82. The van der Waals surface area contributed by atoms with Crippen LogP contribution in [0.25, 0.3) is 0 Å². The van der Waals surface area contributed by atoms with Crippen LogP contribution in [0.3, 0.4) is 0 Å². The first-order chi connectivity index (χ1) is 9.24. The van der Waals surface area contributed by atoms with Gasteiger partial charge in [-0.05, 0) is 39.3 Å². The van der Waals surface area contributed by atoms with Gasteiger partial charge in [-0.25, -0.2) is 0 Å². The Balaban J connectivity index is 2.25. The summed E-state index contributed by atoms with van der Waals surface area (Å²) in [6.45, 7) is 9.75. The standard InChI is InChI=1S/C16H27NO2/c1-4-11-18-12-7-10-17-13-15-8-5-6-9-16(15)19-14(2)3/h5-6,8-9,14,17H,4,7,10-13H2,1-3H3. The molecule has 19 heavy (non-hydrogen) atoms. The maximum absolute atomic E-state index is 5.79. The minimum absolute atomic E-state index is 0.212. The highest BCUT2D eigenvalue weighted by atomic mass is 16.5. The van der Waals surface area contributed by atoms with E-state index in [1.165, 1.54) is 5.56 Å². The van der Waals surface area contributed by atoms with Gasteiger partial charge in [0, 0.05) is 25.3 Å². The molecule has 0 heterocycles. The lowest BCUT2D eigenvalue weighted by atomic mass is 10.2. The minimum atomic E-state index is 0.212. The first kappa shape index (κ1) is 16.0. The van der Waals surface area contributed by atoms with Crippen LogP contribution in [0.4, 0.5) is 0 Å². The second-order valence-electron chi connectivity index (χ2n) is 4.92. The monoisotopic (exact) mass is 265 g/mol. The van der Waals surface area contributed by atoms with Gasteiger partial charge in [0.2, 0.25) is 0 Å². The van der Waals surface area contributed by atoms with Crippen LogP contribution in [0.1, 0.15) is 39.2 Å². The smallest absolute Gasteiger partial charge is 0.124 e. The third kappa shape index (κ3) is 7.19. The van der Waals surface area contributed by atoms with Crippen LogP contribution in [0.15, 0.2) is 24.3 Å². The third-order valence-corrected chi connectivity index (χ3v) is 2.64. The normalized spacial score (nSPS) is 10.9. The molecular formula is C16H27NO2. The molecule has 0 atom stereocenters. The zero-order valence-electron chi connectivity index (χ0n) is 12.4. The van der Waals surface area contributed by atoms with E-state index >= 15 is 0 Å². The SMILES string of the molecule is CCCOCCCNCc1ccccc1OC(C)C. The lowest BCUT2D eigenvalue weighted by Crippen LogP contribution is -2.17. The summed E-state index contributed by atoms with van der Waals surface area (Å²) in [4.78, 5) is 0. The molecule has 0 saturated heterocycles. The quantitative estimate of drug-likeness (QED) is 0.658. The van der Waals surface area contributed by atoms with Crippen molar-refractivity contribution in [1.82, 2.24) is 5.32 Å². The maximum atomic E-state index is 5.79. The molecule has 0 radical (unpaired) electrons. The van der Waals surface area contributed by atoms with E-state index < -0.39 is 0 Å². The average Bonchev–Trinajstić information content (AvgIpc) is 2.39. The van der Waals surface area contributed by atoms with E-state index in [1.807, 2.05) is 12.1 Å². The summed E-state index contributed by atoms with van der Waals surface area (Å²) in [5.74, 6) is 0.979. The molecule has 108 valence electrons. The van der Waals surface area contributed by atoms with E-state index in [0.717, 1.165) is 44.9 Å². The highest BCUT2D eigenvalue weighted by molar-refractivity contribution is 5.33. The Morgan fingerprint density at radius 1 is 1.16 bits per heavy atom. The van der Waals surface area contributed by atoms with Crippen molar-refractivity contribution >= 4 is 0 Å². The number of ether oxygens (including phenoxy) is 2. The van der Waals surface area contributed by atoms with E-state index in [9.17, 15) is 0 Å². The summed E-state index contributed by atoms with van der Waals surface area (Å²) >= 11 is 0. The number of hydrogen-bond donors (Lipinski definition) is 1. The summed E-state index contributed by atoms with van der Waals surface area (Å²) in [6, 6.07) is 8.20. The maximum Gasteiger partial charge on any atom is 0.124 e. The molecule has 3 nitrogen and oxygen atoms in total. The highest BCUT2D eigenvalue weighted by Gasteiger charge is 2.04. The minimum Gasteiger partial charge on any atom is -0.491 e. The van der Waals surface area contributed by atoms with Gasteiger partial charge < -0.3 is 14.8 Å². The van der Waals surface area contributed by atoms with Crippen LogP contribution in [0.2, 0.25) is 0 Å². The van der Waals surface area contributed by atoms with Crippen molar-refractivity contribution in [2.24, 2.45) is 0 Å². The summed E-state index contributed by atoms with van der Waals surface area (Å²) in [6.07, 6.45) is 2.35. The van der Waals surface area contributed by atoms with E-state index in [0.29, 0.717) is 0 Å². The first-order valence-corrected chi connectivity index (χ1v) is 7.27. The Hall–Kier alpha value is -1.06. The van der Waals surface area contributed by atoms with Gasteiger partial charge in [-0.3, -0.25) is 0 Å². The lowest BCUT2D eigenvalue weighted by Gasteiger charge is -2.14. The topological polar surface area (TPSA) is 30.5 Å². The van der Waals surface area contributed by atoms with Crippen LogP contribution in [-0.4, -0.2) is 25.9 Å². The fourth-order valence-electron chi connectivity index (χ4n) is 1.79. The number of rotatable bonds is 10. The summed E-state index contributed by atoms with van der Waals surface area (Å²) in [5.41, 5.74) is 1.21. The molecule has 3 heteroatoms. The Morgan fingerprint density at radius 3 is 2.68 bits per heavy atom. The third-order valence-electron chi connectivity index (χ3n) is 2.64. The molecule has 0 aliphatic carbocycles. The second-order valence-corrected chi connectivity index (χ2v) is 4.92. The lowest BCUT2D eigenvalue weighted by molar-refractivity contribution is 0.132. The van der Waals surface area contributed by atoms with E-state index in [2.05, 4.69) is 38.2 Å².